The summed E-state index contributed by atoms with van der Waals surface area (Å²) in [6.07, 6.45) is -0.110. The molecule has 2 aromatic rings. The van der Waals surface area contributed by atoms with Crippen LogP contribution in [0, 0.1) is 13.8 Å². The maximum absolute atomic E-state index is 13.0. The van der Waals surface area contributed by atoms with Crippen LogP contribution in [0.2, 0.25) is 0 Å². The zero-order valence-corrected chi connectivity index (χ0v) is 16.8. The number of ether oxygens (including phenoxy) is 1. The van der Waals surface area contributed by atoms with Crippen LogP contribution in [0.25, 0.3) is 0 Å². The predicted octanol–water partition coefficient (Wildman–Crippen LogP) is 2.28. The van der Waals surface area contributed by atoms with Crippen molar-refractivity contribution in [2.24, 2.45) is 0 Å². The molecule has 0 aromatic heterocycles. The van der Waals surface area contributed by atoms with Gasteiger partial charge in [0.2, 0.25) is 11.8 Å². The maximum atomic E-state index is 13.0. The minimum Gasteiger partial charge on any atom is -0.497 e. The van der Waals surface area contributed by atoms with Gasteiger partial charge in [0.15, 0.2) is 0 Å². The van der Waals surface area contributed by atoms with Crippen molar-refractivity contribution >= 4 is 23.4 Å². The number of anilines is 1. The van der Waals surface area contributed by atoms with Gasteiger partial charge in [0.1, 0.15) is 11.8 Å². The molecule has 1 saturated heterocycles. The number of rotatable bonds is 5. The Balaban J connectivity index is 1.73. The van der Waals surface area contributed by atoms with Crippen LogP contribution in [0.3, 0.4) is 0 Å². The van der Waals surface area contributed by atoms with Gasteiger partial charge in [-0.15, -0.1) is 0 Å². The van der Waals surface area contributed by atoms with Gasteiger partial charge in [-0.3, -0.25) is 14.4 Å². The summed E-state index contributed by atoms with van der Waals surface area (Å²) in [5, 5.41) is 5.56. The zero-order chi connectivity index (χ0) is 21.0. The Morgan fingerprint density at radius 1 is 1.14 bits per heavy atom. The number of methoxy groups -OCH3 is 1. The fraction of sp³-hybridized carbons (Fsp3) is 0.318. The van der Waals surface area contributed by atoms with Crippen LogP contribution in [0.1, 0.15) is 27.9 Å². The van der Waals surface area contributed by atoms with E-state index >= 15 is 0 Å². The summed E-state index contributed by atoms with van der Waals surface area (Å²) in [7, 11) is 1.55. The third-order valence-corrected chi connectivity index (χ3v) is 5.10. The van der Waals surface area contributed by atoms with Crippen LogP contribution in [0.15, 0.2) is 42.5 Å². The molecule has 2 N–H and O–H groups in total. The number of nitrogens with zero attached hydrogens (tertiary/aromatic N) is 1. The first-order valence-corrected chi connectivity index (χ1v) is 9.49. The molecular formula is C22H25N3O4. The van der Waals surface area contributed by atoms with Gasteiger partial charge in [-0.05, 0) is 61.4 Å². The number of hydrogen-bond acceptors (Lipinski definition) is 4. The van der Waals surface area contributed by atoms with Crippen molar-refractivity contribution in [3.8, 4) is 5.75 Å². The molecule has 1 atom stereocenters. The molecule has 3 rings (SSSR count). The van der Waals surface area contributed by atoms with Gasteiger partial charge in [0.25, 0.3) is 5.91 Å². The second-order valence-electron chi connectivity index (χ2n) is 7.09. The summed E-state index contributed by atoms with van der Waals surface area (Å²) in [4.78, 5) is 39.4. The highest BCUT2D eigenvalue weighted by atomic mass is 16.5. The summed E-state index contributed by atoms with van der Waals surface area (Å²) in [5.41, 5.74) is 3.31. The van der Waals surface area contributed by atoms with Crippen molar-refractivity contribution in [3.05, 3.63) is 59.2 Å². The molecule has 0 unspecified atom stereocenters. The van der Waals surface area contributed by atoms with Crippen molar-refractivity contribution in [1.29, 1.82) is 0 Å². The van der Waals surface area contributed by atoms with E-state index < -0.39 is 6.04 Å². The van der Waals surface area contributed by atoms with E-state index in [9.17, 15) is 14.4 Å². The predicted molar refractivity (Wildman–Crippen MR) is 110 cm³/mol. The van der Waals surface area contributed by atoms with Crippen molar-refractivity contribution in [1.82, 2.24) is 10.2 Å². The molecule has 0 aliphatic carbocycles. The third kappa shape index (κ3) is 4.74. The summed E-state index contributed by atoms with van der Waals surface area (Å²) >= 11 is 0. The lowest BCUT2D eigenvalue weighted by Crippen LogP contribution is -2.58. The average Bonchev–Trinajstić information content (AvgIpc) is 2.72. The lowest BCUT2D eigenvalue weighted by atomic mass is 10.1. The Kier molecular flexibility index (Phi) is 6.16. The number of nitrogens with one attached hydrogen (secondary N) is 2. The molecular weight excluding hydrogens is 370 g/mol. The molecule has 152 valence electrons. The maximum Gasteiger partial charge on any atom is 0.254 e. The van der Waals surface area contributed by atoms with E-state index in [0.29, 0.717) is 30.1 Å². The minimum absolute atomic E-state index is 0.110. The van der Waals surface area contributed by atoms with Crippen molar-refractivity contribution in [2.45, 2.75) is 26.3 Å². The molecule has 2 aromatic carbocycles. The van der Waals surface area contributed by atoms with E-state index in [1.165, 1.54) is 4.90 Å². The van der Waals surface area contributed by atoms with E-state index in [2.05, 4.69) is 10.6 Å². The van der Waals surface area contributed by atoms with Crippen molar-refractivity contribution in [3.63, 3.8) is 0 Å². The molecule has 7 heteroatoms. The van der Waals surface area contributed by atoms with Gasteiger partial charge in [0.05, 0.1) is 13.5 Å². The van der Waals surface area contributed by atoms with Crippen molar-refractivity contribution in [2.75, 3.05) is 25.5 Å². The number of hydrogen-bond donors (Lipinski definition) is 2. The Bertz CT molecular complexity index is 924. The number of piperazine rings is 1. The van der Waals surface area contributed by atoms with Gasteiger partial charge in [-0.1, -0.05) is 6.07 Å². The molecule has 0 spiro atoms. The first-order chi connectivity index (χ1) is 13.9. The smallest absolute Gasteiger partial charge is 0.254 e. The van der Waals surface area contributed by atoms with Crippen molar-refractivity contribution < 1.29 is 19.1 Å². The zero-order valence-electron chi connectivity index (χ0n) is 16.8. The van der Waals surface area contributed by atoms with Gasteiger partial charge < -0.3 is 20.3 Å². The largest absolute Gasteiger partial charge is 0.497 e. The molecule has 29 heavy (non-hydrogen) atoms. The first kappa shape index (κ1) is 20.4. The Morgan fingerprint density at radius 3 is 2.52 bits per heavy atom. The first-order valence-electron chi connectivity index (χ1n) is 9.49. The van der Waals surface area contributed by atoms with Crippen LogP contribution < -0.4 is 15.4 Å². The molecule has 0 radical (unpaired) electrons. The molecule has 1 aliphatic rings. The fourth-order valence-electron chi connectivity index (χ4n) is 3.27. The van der Waals surface area contributed by atoms with Crippen LogP contribution >= 0.6 is 0 Å². The molecule has 0 saturated carbocycles. The van der Waals surface area contributed by atoms with E-state index in [-0.39, 0.29) is 24.1 Å². The molecule has 1 aliphatic heterocycles. The van der Waals surface area contributed by atoms with Gasteiger partial charge in [-0.2, -0.15) is 0 Å². The normalized spacial score (nSPS) is 16.2. The highest BCUT2D eigenvalue weighted by Crippen LogP contribution is 2.19. The number of carbonyl (C=O) groups is 3. The highest BCUT2D eigenvalue weighted by Gasteiger charge is 2.35. The van der Waals surface area contributed by atoms with E-state index in [1.54, 1.807) is 31.4 Å². The summed E-state index contributed by atoms with van der Waals surface area (Å²) < 4.78 is 5.12. The van der Waals surface area contributed by atoms with E-state index in [4.69, 9.17) is 4.74 Å². The Hall–Kier alpha value is -3.35. The molecule has 0 bridgehead atoms. The lowest BCUT2D eigenvalue weighted by Gasteiger charge is -2.34. The number of benzene rings is 2. The van der Waals surface area contributed by atoms with Crippen LogP contribution in [0.5, 0.6) is 5.75 Å². The third-order valence-electron chi connectivity index (χ3n) is 5.10. The summed E-state index contributed by atoms with van der Waals surface area (Å²) in [6, 6.07) is 11.5. The van der Waals surface area contributed by atoms with Gasteiger partial charge in [0, 0.05) is 24.3 Å². The molecule has 1 fully saturated rings. The van der Waals surface area contributed by atoms with Crippen LogP contribution in [0.4, 0.5) is 5.69 Å². The average molecular weight is 395 g/mol. The number of carbonyl (C=O) groups excluding carboxylic acids is 3. The summed E-state index contributed by atoms with van der Waals surface area (Å²) in [6.45, 7) is 4.67. The highest BCUT2D eigenvalue weighted by molar-refractivity contribution is 6.01. The minimum atomic E-state index is -0.857. The topological polar surface area (TPSA) is 87.7 Å². The standard InChI is InChI=1S/C22H25N3O4/c1-14-4-7-17(12-15(14)2)24-20(26)13-19-21(27)23-10-11-25(19)22(28)16-5-8-18(29-3)9-6-16/h4-9,12,19H,10-11,13H2,1-3H3,(H,23,27)(H,24,26)/t19-/m1/s1. The monoisotopic (exact) mass is 395 g/mol. The number of aryl methyl sites for hydroxylation is 2. The molecule has 7 nitrogen and oxygen atoms in total. The van der Waals surface area contributed by atoms with E-state index in [0.717, 1.165) is 11.1 Å². The molecule has 1 heterocycles. The van der Waals surface area contributed by atoms with Crippen LogP contribution in [-0.2, 0) is 9.59 Å². The second-order valence-corrected chi connectivity index (χ2v) is 7.09. The van der Waals surface area contributed by atoms with Crippen LogP contribution in [-0.4, -0.2) is 48.9 Å². The lowest BCUT2D eigenvalue weighted by molar-refractivity contribution is -0.131. The molecule has 3 amide bonds. The Labute approximate surface area is 170 Å². The SMILES string of the molecule is COc1ccc(C(=O)N2CCNC(=O)[C@H]2CC(=O)Nc2ccc(C)c(C)c2)cc1. The van der Waals surface area contributed by atoms with Gasteiger partial charge >= 0.3 is 0 Å². The Morgan fingerprint density at radius 2 is 1.86 bits per heavy atom. The number of amides is 3. The van der Waals surface area contributed by atoms with E-state index in [1.807, 2.05) is 32.0 Å². The van der Waals surface area contributed by atoms with Gasteiger partial charge in [-0.25, -0.2) is 0 Å². The second kappa shape index (κ2) is 8.77. The fourth-order valence-corrected chi connectivity index (χ4v) is 3.27. The quantitative estimate of drug-likeness (QED) is 0.813. The summed E-state index contributed by atoms with van der Waals surface area (Å²) in [5.74, 6) is -0.287.